The summed E-state index contributed by atoms with van der Waals surface area (Å²) in [6.45, 7) is 4.47. The number of carbonyl (C=O) groups is 1. The second-order valence-electron chi connectivity index (χ2n) is 6.54. The van der Waals surface area contributed by atoms with Crippen molar-refractivity contribution >= 4 is 21.6 Å². The van der Waals surface area contributed by atoms with Gasteiger partial charge in [0.2, 0.25) is 15.9 Å². The molecule has 6 heteroatoms. The van der Waals surface area contributed by atoms with Crippen LogP contribution in [0.1, 0.15) is 23.1 Å². The summed E-state index contributed by atoms with van der Waals surface area (Å²) in [6.07, 6.45) is 1.30. The van der Waals surface area contributed by atoms with E-state index in [-0.39, 0.29) is 18.9 Å². The predicted molar refractivity (Wildman–Crippen MR) is 106 cm³/mol. The highest BCUT2D eigenvalue weighted by molar-refractivity contribution is 7.92. The first kappa shape index (κ1) is 20.0. The Morgan fingerprint density at radius 1 is 1.00 bits per heavy atom. The zero-order valence-corrected chi connectivity index (χ0v) is 16.6. The van der Waals surface area contributed by atoms with E-state index in [1.54, 1.807) is 18.0 Å². The number of rotatable bonds is 7. The van der Waals surface area contributed by atoms with Gasteiger partial charge in [0.1, 0.15) is 0 Å². The highest BCUT2D eigenvalue weighted by Crippen LogP contribution is 2.25. The number of hydrogen-bond acceptors (Lipinski definition) is 3. The molecule has 0 fully saturated rings. The van der Waals surface area contributed by atoms with Crippen LogP contribution in [0.3, 0.4) is 0 Å². The first-order valence-electron chi connectivity index (χ1n) is 8.52. The lowest BCUT2D eigenvalue weighted by atomic mass is 10.1. The Morgan fingerprint density at radius 2 is 1.65 bits per heavy atom. The highest BCUT2D eigenvalue weighted by Gasteiger charge is 2.21. The van der Waals surface area contributed by atoms with Gasteiger partial charge in [-0.05, 0) is 36.6 Å². The molecule has 0 N–H and O–H groups in total. The van der Waals surface area contributed by atoms with Crippen LogP contribution in [-0.2, 0) is 21.4 Å². The number of carbonyl (C=O) groups excluding carboxylic acids is 1. The van der Waals surface area contributed by atoms with Crippen LogP contribution in [-0.4, -0.2) is 39.1 Å². The second-order valence-corrected chi connectivity index (χ2v) is 8.45. The molecule has 0 bridgehead atoms. The molecule has 1 amide bonds. The first-order chi connectivity index (χ1) is 12.2. The zero-order valence-electron chi connectivity index (χ0n) is 15.8. The predicted octanol–water partition coefficient (Wildman–Crippen LogP) is 3.12. The van der Waals surface area contributed by atoms with Crippen LogP contribution in [0.25, 0.3) is 0 Å². The molecule has 0 aliphatic rings. The zero-order chi connectivity index (χ0) is 19.3. The van der Waals surface area contributed by atoms with Gasteiger partial charge >= 0.3 is 0 Å². The molecule has 0 saturated carbocycles. The summed E-state index contributed by atoms with van der Waals surface area (Å²) in [5, 5.41) is 0. The van der Waals surface area contributed by atoms with Crippen molar-refractivity contribution < 1.29 is 13.2 Å². The largest absolute Gasteiger partial charge is 0.341 e. The Labute approximate surface area is 156 Å². The molecule has 0 atom stereocenters. The van der Waals surface area contributed by atoms with E-state index in [1.165, 1.54) is 10.6 Å². The summed E-state index contributed by atoms with van der Waals surface area (Å²) in [5.74, 6) is -0.0900. The lowest BCUT2D eigenvalue weighted by Gasteiger charge is -2.26. The molecular weight excluding hydrogens is 348 g/mol. The highest BCUT2D eigenvalue weighted by atomic mass is 32.2. The van der Waals surface area contributed by atoms with Crippen LogP contribution in [0.15, 0.2) is 48.5 Å². The summed E-state index contributed by atoms with van der Waals surface area (Å²) in [6, 6.07) is 15.3. The molecule has 0 heterocycles. The van der Waals surface area contributed by atoms with Gasteiger partial charge in [0, 0.05) is 26.6 Å². The van der Waals surface area contributed by atoms with Crippen molar-refractivity contribution in [2.45, 2.75) is 26.8 Å². The molecule has 0 saturated heterocycles. The van der Waals surface area contributed by atoms with Crippen molar-refractivity contribution in [1.82, 2.24) is 4.90 Å². The summed E-state index contributed by atoms with van der Waals surface area (Å²) >= 11 is 0. The lowest BCUT2D eigenvalue weighted by molar-refractivity contribution is -0.130. The maximum atomic E-state index is 12.5. The third-order valence-electron chi connectivity index (χ3n) is 4.46. The van der Waals surface area contributed by atoms with Crippen LogP contribution in [0.2, 0.25) is 0 Å². The van der Waals surface area contributed by atoms with Crippen LogP contribution >= 0.6 is 0 Å². The normalized spacial score (nSPS) is 11.2. The Balaban J connectivity index is 2.10. The van der Waals surface area contributed by atoms with Gasteiger partial charge < -0.3 is 4.90 Å². The molecule has 140 valence electrons. The third kappa shape index (κ3) is 5.08. The third-order valence-corrected chi connectivity index (χ3v) is 5.64. The molecule has 0 aromatic heterocycles. The van der Waals surface area contributed by atoms with Gasteiger partial charge in [-0.2, -0.15) is 0 Å². The van der Waals surface area contributed by atoms with Gasteiger partial charge in [0.05, 0.1) is 11.9 Å². The van der Waals surface area contributed by atoms with Gasteiger partial charge in [-0.3, -0.25) is 9.10 Å². The molecule has 26 heavy (non-hydrogen) atoms. The van der Waals surface area contributed by atoms with Crippen LogP contribution in [0, 0.1) is 13.8 Å². The number of nitrogens with zero attached hydrogens (tertiary/aromatic N) is 2. The molecule has 0 spiro atoms. The van der Waals surface area contributed by atoms with Crippen molar-refractivity contribution in [2.75, 3.05) is 24.2 Å². The average molecular weight is 375 g/mol. The van der Waals surface area contributed by atoms with Gasteiger partial charge in [0.25, 0.3) is 0 Å². The Kier molecular flexibility index (Phi) is 6.42. The van der Waals surface area contributed by atoms with Crippen LogP contribution in [0.5, 0.6) is 0 Å². The molecule has 0 aliphatic heterocycles. The van der Waals surface area contributed by atoms with Gasteiger partial charge in [-0.15, -0.1) is 0 Å². The number of aryl methyl sites for hydroxylation is 1. The number of hydrogen-bond donors (Lipinski definition) is 0. The minimum absolute atomic E-state index is 0.0900. The monoisotopic (exact) mass is 374 g/mol. The van der Waals surface area contributed by atoms with E-state index in [0.29, 0.717) is 12.2 Å². The molecule has 0 unspecified atom stereocenters. The number of sulfonamides is 1. The smallest absolute Gasteiger partial charge is 0.232 e. The fourth-order valence-corrected chi connectivity index (χ4v) is 3.78. The van der Waals surface area contributed by atoms with E-state index in [4.69, 9.17) is 0 Å². The summed E-state index contributed by atoms with van der Waals surface area (Å²) in [5.41, 5.74) is 3.59. The van der Waals surface area contributed by atoms with Crippen molar-refractivity contribution in [3.63, 3.8) is 0 Å². The van der Waals surface area contributed by atoms with E-state index < -0.39 is 10.0 Å². The molecule has 0 aliphatic carbocycles. The molecular formula is C20H26N2O3S. The number of amides is 1. The Morgan fingerprint density at radius 3 is 2.27 bits per heavy atom. The van der Waals surface area contributed by atoms with Crippen LogP contribution in [0.4, 0.5) is 5.69 Å². The van der Waals surface area contributed by atoms with Gasteiger partial charge in [-0.1, -0.05) is 42.5 Å². The van der Waals surface area contributed by atoms with Gasteiger partial charge in [0.15, 0.2) is 0 Å². The van der Waals surface area contributed by atoms with Crippen molar-refractivity contribution in [3.8, 4) is 0 Å². The molecule has 0 radical (unpaired) electrons. The Hall–Kier alpha value is -2.34. The Bertz CT molecular complexity index is 864. The van der Waals surface area contributed by atoms with E-state index in [0.717, 1.165) is 16.7 Å². The fraction of sp³-hybridized carbons (Fsp3) is 0.350. The number of anilines is 1. The lowest BCUT2D eigenvalue weighted by Crippen LogP contribution is -2.35. The summed E-state index contributed by atoms with van der Waals surface area (Å²) in [4.78, 5) is 14.1. The summed E-state index contributed by atoms with van der Waals surface area (Å²) in [7, 11) is -1.74. The maximum Gasteiger partial charge on any atom is 0.232 e. The van der Waals surface area contributed by atoms with E-state index in [1.807, 2.05) is 56.3 Å². The van der Waals surface area contributed by atoms with Crippen molar-refractivity contribution in [1.29, 1.82) is 0 Å². The fourth-order valence-electron chi connectivity index (χ4n) is 2.80. The summed E-state index contributed by atoms with van der Waals surface area (Å²) < 4.78 is 25.9. The maximum absolute atomic E-state index is 12.5. The average Bonchev–Trinajstić information content (AvgIpc) is 2.58. The molecule has 2 aromatic rings. The first-order valence-corrected chi connectivity index (χ1v) is 10.4. The standard InChI is InChI=1S/C20H26N2O3S/c1-16-9-8-12-19(17(16)2)22(26(4,24)25)14-13-20(23)21(3)15-18-10-6-5-7-11-18/h5-12H,13-15H2,1-4H3. The van der Waals surface area contributed by atoms with Gasteiger partial charge in [-0.25, -0.2) is 8.42 Å². The van der Waals surface area contributed by atoms with Crippen molar-refractivity contribution in [3.05, 3.63) is 65.2 Å². The topological polar surface area (TPSA) is 57.7 Å². The molecule has 5 nitrogen and oxygen atoms in total. The van der Waals surface area contributed by atoms with Crippen LogP contribution < -0.4 is 4.31 Å². The molecule has 2 aromatic carbocycles. The van der Waals surface area contributed by atoms with Crippen molar-refractivity contribution in [2.24, 2.45) is 0 Å². The minimum Gasteiger partial charge on any atom is -0.341 e. The SMILES string of the molecule is Cc1cccc(N(CCC(=O)N(C)Cc2ccccc2)S(C)(=O)=O)c1C. The number of benzene rings is 2. The second kappa shape index (κ2) is 8.36. The molecule has 2 rings (SSSR count). The van der Waals surface area contributed by atoms with E-state index in [2.05, 4.69) is 0 Å². The quantitative estimate of drug-likeness (QED) is 0.748. The van der Waals surface area contributed by atoms with E-state index in [9.17, 15) is 13.2 Å². The minimum atomic E-state index is -3.47. The van der Waals surface area contributed by atoms with E-state index >= 15 is 0 Å².